The molecule has 1 aliphatic rings. The van der Waals surface area contributed by atoms with Gasteiger partial charge >= 0.3 is 5.69 Å². The van der Waals surface area contributed by atoms with Crippen molar-refractivity contribution >= 4 is 22.9 Å². The molecule has 0 atom stereocenters. The molecule has 136 valence electrons. The predicted molar refractivity (Wildman–Crippen MR) is 90.7 cm³/mol. The van der Waals surface area contributed by atoms with E-state index >= 15 is 0 Å². The molecule has 0 unspecified atom stereocenters. The van der Waals surface area contributed by atoms with Gasteiger partial charge in [0.25, 0.3) is 5.69 Å². The summed E-state index contributed by atoms with van der Waals surface area (Å²) in [6.45, 7) is 5.98. The van der Waals surface area contributed by atoms with Gasteiger partial charge in [0.1, 0.15) is 18.1 Å². The summed E-state index contributed by atoms with van der Waals surface area (Å²) in [5.74, 6) is 0.677. The van der Waals surface area contributed by atoms with Crippen molar-refractivity contribution in [3.63, 3.8) is 0 Å². The standard InChI is InChI=1S/C14H20N6O5/c1-11(18-6-4-17(5-7-18)8-9-21)15-16-13-3-2-12(19(22)23)10-14(13)20(24)25/h2-3,10,16,21H,4-9H2,1H3/p+1/b15-11-. The Morgan fingerprint density at radius 1 is 1.32 bits per heavy atom. The third-order valence-electron chi connectivity index (χ3n) is 4.12. The SMILES string of the molecule is C/C(=N/Nc1ccc([N+](=O)[O-])cc1[N+](=O)[O-])N1CC[NH+](CCO)CC1. The maximum atomic E-state index is 11.1. The summed E-state index contributed by atoms with van der Waals surface area (Å²) in [6, 6.07) is 3.37. The topological polar surface area (TPSA) is 139 Å². The highest BCUT2D eigenvalue weighted by Gasteiger charge is 2.21. The molecule has 1 fully saturated rings. The number of anilines is 1. The summed E-state index contributed by atoms with van der Waals surface area (Å²) in [5, 5.41) is 35.0. The molecule has 0 aromatic heterocycles. The van der Waals surface area contributed by atoms with Crippen LogP contribution < -0.4 is 10.3 Å². The van der Waals surface area contributed by atoms with E-state index in [1.54, 1.807) is 6.92 Å². The molecule has 0 saturated carbocycles. The van der Waals surface area contributed by atoms with Gasteiger partial charge in [-0.1, -0.05) is 0 Å². The van der Waals surface area contributed by atoms with Crippen molar-refractivity contribution in [1.29, 1.82) is 0 Å². The molecule has 1 saturated heterocycles. The Labute approximate surface area is 143 Å². The van der Waals surface area contributed by atoms with E-state index in [0.717, 1.165) is 38.8 Å². The lowest BCUT2D eigenvalue weighted by Crippen LogP contribution is -3.15. The second-order valence-electron chi connectivity index (χ2n) is 5.70. The van der Waals surface area contributed by atoms with Crippen molar-refractivity contribution in [2.45, 2.75) is 6.92 Å². The second kappa shape index (κ2) is 8.35. The number of nitrogens with zero attached hydrogens (tertiary/aromatic N) is 4. The minimum absolute atomic E-state index is 0.0968. The largest absolute Gasteiger partial charge is 0.391 e. The van der Waals surface area contributed by atoms with Gasteiger partial charge in [-0.3, -0.25) is 25.7 Å². The Morgan fingerprint density at radius 3 is 2.56 bits per heavy atom. The van der Waals surface area contributed by atoms with Crippen molar-refractivity contribution in [2.24, 2.45) is 5.10 Å². The summed E-state index contributed by atoms with van der Waals surface area (Å²) in [4.78, 5) is 23.9. The number of nitrogens with one attached hydrogen (secondary N) is 2. The van der Waals surface area contributed by atoms with Crippen LogP contribution in [0.5, 0.6) is 0 Å². The second-order valence-corrected chi connectivity index (χ2v) is 5.70. The van der Waals surface area contributed by atoms with Crippen molar-refractivity contribution in [3.8, 4) is 0 Å². The first kappa shape index (κ1) is 18.5. The molecular formula is C14H21N6O5+. The number of non-ortho nitro benzene ring substituents is 1. The molecule has 11 nitrogen and oxygen atoms in total. The number of piperazine rings is 1. The molecule has 11 heteroatoms. The Kier molecular flexibility index (Phi) is 6.19. The maximum Gasteiger partial charge on any atom is 0.301 e. The first-order chi connectivity index (χ1) is 11.9. The Morgan fingerprint density at radius 2 is 2.00 bits per heavy atom. The van der Waals surface area contributed by atoms with E-state index in [1.165, 1.54) is 17.0 Å². The van der Waals surface area contributed by atoms with E-state index in [9.17, 15) is 20.2 Å². The van der Waals surface area contributed by atoms with Crippen LogP contribution in [0.2, 0.25) is 0 Å². The van der Waals surface area contributed by atoms with Crippen LogP contribution in [0, 0.1) is 20.2 Å². The molecular weight excluding hydrogens is 332 g/mol. The lowest BCUT2D eigenvalue weighted by molar-refractivity contribution is -0.904. The van der Waals surface area contributed by atoms with Crippen LogP contribution in [0.25, 0.3) is 0 Å². The quantitative estimate of drug-likeness (QED) is 0.270. The summed E-state index contributed by atoms with van der Waals surface area (Å²) < 4.78 is 0. The number of amidine groups is 1. The average Bonchev–Trinajstić information content (AvgIpc) is 2.60. The summed E-state index contributed by atoms with van der Waals surface area (Å²) >= 11 is 0. The fourth-order valence-corrected chi connectivity index (χ4v) is 2.65. The number of nitro groups is 2. The van der Waals surface area contributed by atoms with Gasteiger partial charge in [-0.05, 0) is 13.0 Å². The van der Waals surface area contributed by atoms with Gasteiger partial charge in [0, 0.05) is 6.07 Å². The van der Waals surface area contributed by atoms with Gasteiger partial charge in [0.15, 0.2) is 0 Å². The number of aliphatic hydroxyl groups is 1. The van der Waals surface area contributed by atoms with Crippen LogP contribution in [-0.2, 0) is 0 Å². The van der Waals surface area contributed by atoms with Gasteiger partial charge in [-0.25, -0.2) is 0 Å². The number of hydrazone groups is 1. The molecule has 2 rings (SSSR count). The van der Waals surface area contributed by atoms with Gasteiger partial charge < -0.3 is 14.9 Å². The first-order valence-electron chi connectivity index (χ1n) is 7.85. The van der Waals surface area contributed by atoms with Crippen molar-refractivity contribution in [2.75, 3.05) is 44.8 Å². The molecule has 0 radical (unpaired) electrons. The molecule has 3 N–H and O–H groups in total. The Balaban J connectivity index is 2.05. The van der Waals surface area contributed by atoms with Crippen LogP contribution >= 0.6 is 0 Å². The summed E-state index contributed by atoms with van der Waals surface area (Å²) in [6.07, 6.45) is 0. The van der Waals surface area contributed by atoms with E-state index in [1.807, 2.05) is 4.90 Å². The lowest BCUT2D eigenvalue weighted by atomic mass is 10.2. The summed E-state index contributed by atoms with van der Waals surface area (Å²) in [7, 11) is 0. The zero-order chi connectivity index (χ0) is 18.4. The highest BCUT2D eigenvalue weighted by atomic mass is 16.6. The van der Waals surface area contributed by atoms with Crippen LogP contribution in [-0.4, -0.2) is 65.0 Å². The minimum atomic E-state index is -0.683. The van der Waals surface area contributed by atoms with E-state index in [4.69, 9.17) is 5.11 Å². The smallest absolute Gasteiger partial charge is 0.301 e. The lowest BCUT2D eigenvalue weighted by Gasteiger charge is -2.32. The number of quaternary nitrogens is 1. The molecule has 0 spiro atoms. The van der Waals surface area contributed by atoms with E-state index in [0.29, 0.717) is 5.84 Å². The van der Waals surface area contributed by atoms with Crippen molar-refractivity contribution in [3.05, 3.63) is 38.4 Å². The molecule has 0 bridgehead atoms. The van der Waals surface area contributed by atoms with Gasteiger partial charge in [0.2, 0.25) is 0 Å². The minimum Gasteiger partial charge on any atom is -0.391 e. The van der Waals surface area contributed by atoms with Crippen LogP contribution in [0.15, 0.2) is 23.3 Å². The first-order valence-corrected chi connectivity index (χ1v) is 7.85. The van der Waals surface area contributed by atoms with E-state index < -0.39 is 15.5 Å². The van der Waals surface area contributed by atoms with Crippen LogP contribution in [0.4, 0.5) is 17.1 Å². The zero-order valence-corrected chi connectivity index (χ0v) is 13.8. The number of rotatable bonds is 6. The molecule has 1 aromatic rings. The van der Waals surface area contributed by atoms with E-state index in [-0.39, 0.29) is 18.0 Å². The fourth-order valence-electron chi connectivity index (χ4n) is 2.65. The molecule has 1 aromatic carbocycles. The van der Waals surface area contributed by atoms with Gasteiger partial charge in [-0.2, -0.15) is 5.10 Å². The van der Waals surface area contributed by atoms with Crippen molar-refractivity contribution < 1.29 is 19.9 Å². The monoisotopic (exact) mass is 353 g/mol. The zero-order valence-electron chi connectivity index (χ0n) is 13.8. The van der Waals surface area contributed by atoms with Crippen LogP contribution in [0.1, 0.15) is 6.92 Å². The average molecular weight is 353 g/mol. The van der Waals surface area contributed by atoms with E-state index in [2.05, 4.69) is 10.5 Å². The Hall–Kier alpha value is -2.79. The highest BCUT2D eigenvalue weighted by molar-refractivity contribution is 5.81. The predicted octanol–water partition coefficient (Wildman–Crippen LogP) is -0.559. The third-order valence-corrected chi connectivity index (χ3v) is 4.12. The fraction of sp³-hybridized carbons (Fsp3) is 0.500. The number of aliphatic hydroxyl groups excluding tert-OH is 1. The molecule has 0 aliphatic carbocycles. The van der Waals surface area contributed by atoms with Crippen LogP contribution in [0.3, 0.4) is 0 Å². The third kappa shape index (κ3) is 4.84. The molecule has 1 aliphatic heterocycles. The van der Waals surface area contributed by atoms with Gasteiger partial charge in [-0.15, -0.1) is 0 Å². The normalized spacial score (nSPS) is 15.9. The number of hydrogen-bond donors (Lipinski definition) is 3. The summed E-state index contributed by atoms with van der Waals surface area (Å²) in [5.41, 5.74) is 1.98. The molecule has 25 heavy (non-hydrogen) atoms. The van der Waals surface area contributed by atoms with Gasteiger partial charge in [0.05, 0.1) is 48.7 Å². The molecule has 1 heterocycles. The maximum absolute atomic E-state index is 11.1. The number of hydrogen-bond acceptors (Lipinski definition) is 7. The number of nitro benzene ring substituents is 2. The Bertz CT molecular complexity index is 672. The highest BCUT2D eigenvalue weighted by Crippen LogP contribution is 2.28. The molecule has 0 amide bonds. The van der Waals surface area contributed by atoms with Crippen molar-refractivity contribution in [1.82, 2.24) is 4.90 Å². The number of benzene rings is 1.